The van der Waals surface area contributed by atoms with E-state index >= 15 is 0 Å². The molecule has 0 radical (unpaired) electrons. The van der Waals surface area contributed by atoms with Gasteiger partial charge in [0.25, 0.3) is 5.91 Å². The number of rotatable bonds is 5. The summed E-state index contributed by atoms with van der Waals surface area (Å²) in [5.41, 5.74) is 1.62. The van der Waals surface area contributed by atoms with E-state index in [-0.39, 0.29) is 5.91 Å². The average Bonchev–Trinajstić information content (AvgIpc) is 3.33. The number of nitrogens with one attached hydrogen (secondary N) is 2. The predicted octanol–water partition coefficient (Wildman–Crippen LogP) is 3.51. The van der Waals surface area contributed by atoms with Gasteiger partial charge in [-0.15, -0.1) is 11.3 Å². The topological polar surface area (TPSA) is 95.8 Å². The smallest absolute Gasteiger partial charge is 0.268 e. The fraction of sp³-hybridized carbons (Fsp3) is 0.211. The second-order valence-corrected chi connectivity index (χ2v) is 8.01. The summed E-state index contributed by atoms with van der Waals surface area (Å²) in [5, 5.41) is 19.9. The first-order valence-electron chi connectivity index (χ1n) is 8.49. The van der Waals surface area contributed by atoms with Crippen molar-refractivity contribution in [3.8, 4) is 10.4 Å². The number of aliphatic hydroxyl groups is 1. The van der Waals surface area contributed by atoms with E-state index in [2.05, 4.69) is 20.5 Å². The van der Waals surface area contributed by atoms with Gasteiger partial charge in [0.15, 0.2) is 0 Å². The van der Waals surface area contributed by atoms with Crippen molar-refractivity contribution in [2.75, 3.05) is 5.32 Å². The van der Waals surface area contributed by atoms with Crippen LogP contribution in [-0.4, -0.2) is 36.4 Å². The maximum absolute atomic E-state index is 12.8. The lowest BCUT2D eigenvalue weighted by molar-refractivity contribution is 0.0630. The summed E-state index contributed by atoms with van der Waals surface area (Å²) >= 11 is 1.39. The fourth-order valence-corrected chi connectivity index (χ4v) is 3.76. The van der Waals surface area contributed by atoms with Crippen LogP contribution in [0.3, 0.4) is 0 Å². The van der Waals surface area contributed by atoms with Crippen molar-refractivity contribution >= 4 is 34.2 Å². The number of nitrogens with zero attached hydrogens (tertiary/aromatic N) is 3. The Hall–Kier alpha value is -2.97. The number of hydrogen-bond donors (Lipinski definition) is 3. The summed E-state index contributed by atoms with van der Waals surface area (Å²) in [6, 6.07) is 11.3. The highest BCUT2D eigenvalue weighted by Crippen LogP contribution is 2.28. The predicted molar refractivity (Wildman–Crippen MR) is 106 cm³/mol. The van der Waals surface area contributed by atoms with E-state index < -0.39 is 5.60 Å². The highest BCUT2D eigenvalue weighted by atomic mass is 32.1. The lowest BCUT2D eigenvalue weighted by atomic mass is 10.1. The molecular weight excluding hydrogens is 362 g/mol. The Bertz CT molecular complexity index is 1090. The number of aromatic amines is 1. The normalized spacial score (nSPS) is 11.8. The minimum atomic E-state index is -0.944. The molecule has 0 aliphatic carbocycles. The van der Waals surface area contributed by atoms with E-state index in [1.807, 2.05) is 34.9 Å². The molecule has 0 atom stereocenters. The lowest BCUT2D eigenvalue weighted by Crippen LogP contribution is -2.27. The molecular formula is C19H19N5O2S. The number of anilines is 1. The average molecular weight is 381 g/mol. The Morgan fingerprint density at radius 2 is 2.11 bits per heavy atom. The van der Waals surface area contributed by atoms with Crippen LogP contribution in [0.1, 0.15) is 23.5 Å². The van der Waals surface area contributed by atoms with Crippen molar-refractivity contribution in [2.24, 2.45) is 0 Å². The second-order valence-electron chi connectivity index (χ2n) is 6.93. The van der Waals surface area contributed by atoms with Gasteiger partial charge in [-0.2, -0.15) is 5.10 Å². The lowest BCUT2D eigenvalue weighted by Gasteiger charge is -2.20. The molecule has 4 aromatic rings. The molecule has 0 unspecified atom stereocenters. The van der Waals surface area contributed by atoms with Crippen LogP contribution in [0.15, 0.2) is 48.8 Å². The maximum atomic E-state index is 12.8. The zero-order valence-electron chi connectivity index (χ0n) is 14.9. The van der Waals surface area contributed by atoms with Crippen LogP contribution in [0.5, 0.6) is 0 Å². The highest BCUT2D eigenvalue weighted by Gasteiger charge is 2.21. The first-order valence-corrected chi connectivity index (χ1v) is 9.30. The maximum Gasteiger partial charge on any atom is 0.268 e. The van der Waals surface area contributed by atoms with E-state index in [9.17, 15) is 9.90 Å². The van der Waals surface area contributed by atoms with Crippen molar-refractivity contribution in [1.82, 2.24) is 19.7 Å². The van der Waals surface area contributed by atoms with Crippen molar-refractivity contribution in [1.29, 1.82) is 0 Å². The zero-order valence-corrected chi connectivity index (χ0v) is 15.7. The molecule has 27 heavy (non-hydrogen) atoms. The third-order valence-corrected chi connectivity index (χ3v) is 5.17. The summed E-state index contributed by atoms with van der Waals surface area (Å²) in [6.45, 7) is 3.77. The van der Waals surface area contributed by atoms with Gasteiger partial charge in [-0.3, -0.25) is 15.2 Å². The molecule has 138 valence electrons. The molecule has 3 heterocycles. The van der Waals surface area contributed by atoms with Crippen LogP contribution in [-0.2, 0) is 6.54 Å². The van der Waals surface area contributed by atoms with Crippen LogP contribution in [0, 0.1) is 0 Å². The molecule has 0 aliphatic heterocycles. The first-order chi connectivity index (χ1) is 12.9. The molecule has 0 spiro atoms. The van der Waals surface area contributed by atoms with E-state index in [0.29, 0.717) is 17.4 Å². The number of H-pyrrole nitrogens is 1. The number of amides is 1. The summed E-state index contributed by atoms with van der Waals surface area (Å²) in [6.07, 6.45) is 3.51. The number of thiophene rings is 1. The SMILES string of the molecule is CC(C)(O)Cn1c(NC(=O)c2ccc(-c3cn[nH]c3)s2)nc2ccccc21. The molecule has 7 nitrogen and oxygen atoms in total. The van der Waals surface area contributed by atoms with Crippen molar-refractivity contribution in [2.45, 2.75) is 26.0 Å². The molecule has 4 rings (SSSR count). The Morgan fingerprint density at radius 3 is 2.85 bits per heavy atom. The summed E-state index contributed by atoms with van der Waals surface area (Å²) in [5.74, 6) is 0.184. The van der Waals surface area contributed by atoms with Crippen LogP contribution in [0.2, 0.25) is 0 Å². The van der Waals surface area contributed by atoms with Crippen LogP contribution < -0.4 is 5.32 Å². The molecule has 0 saturated carbocycles. The molecule has 1 amide bonds. The Labute approximate surface area is 159 Å². The van der Waals surface area contributed by atoms with Gasteiger partial charge in [-0.25, -0.2) is 4.98 Å². The van der Waals surface area contributed by atoms with E-state index in [0.717, 1.165) is 21.5 Å². The van der Waals surface area contributed by atoms with Crippen LogP contribution in [0.4, 0.5) is 5.95 Å². The van der Waals surface area contributed by atoms with Crippen molar-refractivity contribution in [3.63, 3.8) is 0 Å². The largest absolute Gasteiger partial charge is 0.389 e. The molecule has 3 N–H and O–H groups in total. The molecule has 0 fully saturated rings. The number of carbonyl (C=O) groups is 1. The number of para-hydroxylation sites is 2. The number of aromatic nitrogens is 4. The molecule has 0 aliphatic rings. The minimum absolute atomic E-state index is 0.234. The standard InChI is InChI=1S/C19H19N5O2S/c1-19(2,26)11-24-14-6-4-3-5-13(14)22-18(24)23-17(25)16-8-7-15(27-16)12-9-20-21-10-12/h3-10,26H,11H2,1-2H3,(H,20,21)(H,22,23,25). The summed E-state index contributed by atoms with van der Waals surface area (Å²) in [7, 11) is 0. The Morgan fingerprint density at radius 1 is 1.30 bits per heavy atom. The van der Waals surface area contributed by atoms with Gasteiger partial charge < -0.3 is 9.67 Å². The fourth-order valence-electron chi connectivity index (χ4n) is 2.88. The molecule has 1 aromatic carbocycles. The van der Waals surface area contributed by atoms with E-state index in [1.165, 1.54) is 11.3 Å². The molecule has 0 saturated heterocycles. The Kier molecular flexibility index (Phi) is 4.29. The van der Waals surface area contributed by atoms with Gasteiger partial charge in [0.1, 0.15) is 0 Å². The molecule has 8 heteroatoms. The third kappa shape index (κ3) is 3.62. The monoisotopic (exact) mass is 381 g/mol. The van der Waals surface area contributed by atoms with Crippen molar-refractivity contribution < 1.29 is 9.90 Å². The van der Waals surface area contributed by atoms with E-state index in [4.69, 9.17) is 0 Å². The van der Waals surface area contributed by atoms with E-state index in [1.54, 1.807) is 32.3 Å². The summed E-state index contributed by atoms with van der Waals surface area (Å²) in [4.78, 5) is 18.8. The van der Waals surface area contributed by atoms with Crippen LogP contribution in [0.25, 0.3) is 21.5 Å². The van der Waals surface area contributed by atoms with Gasteiger partial charge in [-0.05, 0) is 38.1 Å². The van der Waals surface area contributed by atoms with Gasteiger partial charge in [-0.1, -0.05) is 12.1 Å². The second kappa shape index (κ2) is 6.64. The number of imidazole rings is 1. The zero-order chi connectivity index (χ0) is 19.0. The third-order valence-electron chi connectivity index (χ3n) is 4.04. The van der Waals surface area contributed by atoms with Gasteiger partial charge >= 0.3 is 0 Å². The van der Waals surface area contributed by atoms with Gasteiger partial charge in [0.2, 0.25) is 5.95 Å². The quantitative estimate of drug-likeness (QED) is 0.493. The number of carbonyl (C=O) groups excluding carboxylic acids is 1. The number of hydrogen-bond acceptors (Lipinski definition) is 5. The number of fused-ring (bicyclic) bond motifs is 1. The van der Waals surface area contributed by atoms with Gasteiger partial charge in [0.05, 0.1) is 34.3 Å². The molecule has 3 aromatic heterocycles. The Balaban J connectivity index is 1.65. The summed E-state index contributed by atoms with van der Waals surface area (Å²) < 4.78 is 1.83. The molecule has 0 bridgehead atoms. The van der Waals surface area contributed by atoms with Crippen molar-refractivity contribution in [3.05, 3.63) is 53.7 Å². The highest BCUT2D eigenvalue weighted by molar-refractivity contribution is 7.17. The number of benzene rings is 1. The first kappa shape index (κ1) is 17.4. The van der Waals surface area contributed by atoms with Crippen LogP contribution >= 0.6 is 11.3 Å². The van der Waals surface area contributed by atoms with Gasteiger partial charge in [0, 0.05) is 16.6 Å². The minimum Gasteiger partial charge on any atom is -0.389 e.